The molecule has 6 nitrogen and oxygen atoms in total. The third-order valence-electron chi connectivity index (χ3n) is 5.34. The Kier molecular flexibility index (Phi) is 6.19. The highest BCUT2D eigenvalue weighted by Gasteiger charge is 2.66. The van der Waals surface area contributed by atoms with Crippen molar-refractivity contribution in [2.45, 2.75) is 51.7 Å². The molecule has 2 N–H and O–H groups in total. The summed E-state index contributed by atoms with van der Waals surface area (Å²) >= 11 is 6.09. The zero-order chi connectivity index (χ0) is 19.5. The fourth-order valence-electron chi connectivity index (χ4n) is 3.46. The number of carbonyl (C=O) groups is 2. The summed E-state index contributed by atoms with van der Waals surface area (Å²) in [6.45, 7) is 6.01. The lowest BCUT2D eigenvalue weighted by atomic mass is 9.54. The highest BCUT2D eigenvalue weighted by molar-refractivity contribution is 6.32. The van der Waals surface area contributed by atoms with E-state index in [2.05, 4.69) is 5.32 Å². The van der Waals surface area contributed by atoms with Crippen molar-refractivity contribution in [3.05, 3.63) is 28.8 Å². The first kappa shape index (κ1) is 20.5. The molecular formula is C19H26ClNO5. The van der Waals surface area contributed by atoms with Crippen LogP contribution in [0.4, 0.5) is 0 Å². The average molecular weight is 384 g/mol. The van der Waals surface area contributed by atoms with Gasteiger partial charge in [0, 0.05) is 24.9 Å². The molecule has 1 aliphatic carbocycles. The number of halogens is 1. The Morgan fingerprint density at radius 3 is 2.58 bits per heavy atom. The van der Waals surface area contributed by atoms with E-state index in [1.54, 1.807) is 12.1 Å². The molecule has 144 valence electrons. The smallest absolute Gasteiger partial charge is 0.330 e. The van der Waals surface area contributed by atoms with Crippen LogP contribution in [-0.4, -0.2) is 42.3 Å². The molecule has 1 fully saturated rings. The first-order valence-electron chi connectivity index (χ1n) is 8.66. The Morgan fingerprint density at radius 2 is 2.08 bits per heavy atom. The van der Waals surface area contributed by atoms with Gasteiger partial charge in [-0.25, -0.2) is 4.79 Å². The standard InChI is InChI=1S/C19H26ClNO5/c1-5-26-15-11-19(17(23)24,18(15,2)3)21-16(22)9-7-12-6-8-14(25-4)13(20)10-12/h6,8,10,15H,5,7,9,11H2,1-4H3,(H,21,22)(H,23,24). The van der Waals surface area contributed by atoms with Gasteiger partial charge in [0.2, 0.25) is 5.91 Å². The van der Waals surface area contributed by atoms with Crippen LogP contribution in [0.5, 0.6) is 5.75 Å². The van der Waals surface area contributed by atoms with Crippen molar-refractivity contribution in [3.8, 4) is 5.75 Å². The number of methoxy groups -OCH3 is 1. The Bertz CT molecular complexity index is 691. The average Bonchev–Trinajstić information content (AvgIpc) is 2.58. The summed E-state index contributed by atoms with van der Waals surface area (Å²) in [7, 11) is 1.54. The fourth-order valence-corrected chi connectivity index (χ4v) is 3.74. The summed E-state index contributed by atoms with van der Waals surface area (Å²) in [5.41, 5.74) is -1.11. The molecule has 2 atom stereocenters. The van der Waals surface area contributed by atoms with Gasteiger partial charge in [0.15, 0.2) is 0 Å². The van der Waals surface area contributed by atoms with E-state index in [0.29, 0.717) is 23.8 Å². The van der Waals surface area contributed by atoms with E-state index in [0.717, 1.165) is 5.56 Å². The summed E-state index contributed by atoms with van der Waals surface area (Å²) in [5, 5.41) is 13.0. The van der Waals surface area contributed by atoms with Crippen LogP contribution in [0.25, 0.3) is 0 Å². The largest absolute Gasteiger partial charge is 0.495 e. The van der Waals surface area contributed by atoms with Gasteiger partial charge in [0.25, 0.3) is 0 Å². The van der Waals surface area contributed by atoms with Crippen LogP contribution in [0, 0.1) is 5.41 Å². The van der Waals surface area contributed by atoms with Crippen LogP contribution >= 0.6 is 11.6 Å². The first-order chi connectivity index (χ1) is 12.2. The molecule has 1 aliphatic rings. The van der Waals surface area contributed by atoms with Gasteiger partial charge in [0.05, 0.1) is 18.2 Å². The van der Waals surface area contributed by atoms with Crippen LogP contribution in [0.2, 0.25) is 5.02 Å². The van der Waals surface area contributed by atoms with E-state index < -0.39 is 16.9 Å². The van der Waals surface area contributed by atoms with Gasteiger partial charge in [0.1, 0.15) is 11.3 Å². The monoisotopic (exact) mass is 383 g/mol. The van der Waals surface area contributed by atoms with Crippen LogP contribution in [0.1, 0.15) is 39.2 Å². The number of amides is 1. The van der Waals surface area contributed by atoms with E-state index >= 15 is 0 Å². The Morgan fingerprint density at radius 1 is 1.38 bits per heavy atom. The number of carboxylic acid groups (broad SMARTS) is 1. The molecule has 0 heterocycles. The Balaban J connectivity index is 2.01. The van der Waals surface area contributed by atoms with E-state index in [9.17, 15) is 14.7 Å². The number of aliphatic carboxylic acids is 1. The molecule has 1 saturated carbocycles. The number of ether oxygens (including phenoxy) is 2. The predicted molar refractivity (Wildman–Crippen MR) is 98.6 cm³/mol. The molecule has 0 aliphatic heterocycles. The van der Waals surface area contributed by atoms with Gasteiger partial charge in [-0.15, -0.1) is 0 Å². The van der Waals surface area contributed by atoms with Crippen molar-refractivity contribution in [1.82, 2.24) is 5.32 Å². The maximum atomic E-state index is 12.4. The topological polar surface area (TPSA) is 84.9 Å². The molecule has 0 spiro atoms. The number of hydrogen-bond donors (Lipinski definition) is 2. The molecule has 26 heavy (non-hydrogen) atoms. The fraction of sp³-hybridized carbons (Fsp3) is 0.579. The second-order valence-electron chi connectivity index (χ2n) is 7.10. The minimum atomic E-state index is -1.30. The summed E-state index contributed by atoms with van der Waals surface area (Å²) in [6, 6.07) is 5.33. The lowest BCUT2D eigenvalue weighted by Gasteiger charge is -2.58. The van der Waals surface area contributed by atoms with Crippen molar-refractivity contribution >= 4 is 23.5 Å². The van der Waals surface area contributed by atoms with Crippen molar-refractivity contribution < 1.29 is 24.2 Å². The molecule has 2 rings (SSSR count). The van der Waals surface area contributed by atoms with E-state index in [-0.39, 0.29) is 24.9 Å². The minimum absolute atomic E-state index is 0.174. The molecule has 0 saturated heterocycles. The van der Waals surface area contributed by atoms with E-state index in [1.807, 2.05) is 26.8 Å². The van der Waals surface area contributed by atoms with Gasteiger partial charge in [-0.3, -0.25) is 4.79 Å². The van der Waals surface area contributed by atoms with Gasteiger partial charge in [-0.2, -0.15) is 0 Å². The summed E-state index contributed by atoms with van der Waals surface area (Å²) in [4.78, 5) is 24.3. The van der Waals surface area contributed by atoms with E-state index in [1.165, 1.54) is 7.11 Å². The van der Waals surface area contributed by atoms with Crippen LogP contribution in [0.15, 0.2) is 18.2 Å². The number of hydrogen-bond acceptors (Lipinski definition) is 4. The Hall–Kier alpha value is -1.79. The number of aryl methyl sites for hydroxylation is 1. The molecular weight excluding hydrogens is 358 g/mol. The molecule has 0 radical (unpaired) electrons. The van der Waals surface area contributed by atoms with Gasteiger partial charge in [-0.1, -0.05) is 31.5 Å². The van der Waals surface area contributed by atoms with Gasteiger partial charge < -0.3 is 19.9 Å². The summed E-state index contributed by atoms with van der Waals surface area (Å²) < 4.78 is 10.7. The van der Waals surface area contributed by atoms with Gasteiger partial charge in [-0.05, 0) is 31.0 Å². The first-order valence-corrected chi connectivity index (χ1v) is 9.04. The minimum Gasteiger partial charge on any atom is -0.495 e. The summed E-state index contributed by atoms with van der Waals surface area (Å²) in [6.07, 6.45) is 0.709. The van der Waals surface area contributed by atoms with Crippen molar-refractivity contribution in [2.24, 2.45) is 5.41 Å². The molecule has 1 aromatic carbocycles. The second-order valence-corrected chi connectivity index (χ2v) is 7.50. The quantitative estimate of drug-likeness (QED) is 0.720. The number of carboxylic acids is 1. The summed E-state index contributed by atoms with van der Waals surface area (Å²) in [5.74, 6) is -0.760. The molecule has 0 bridgehead atoms. The predicted octanol–water partition coefficient (Wildman–Crippen LogP) is 3.06. The van der Waals surface area contributed by atoms with Crippen molar-refractivity contribution in [3.63, 3.8) is 0 Å². The third kappa shape index (κ3) is 3.67. The van der Waals surface area contributed by atoms with E-state index in [4.69, 9.17) is 21.1 Å². The zero-order valence-corrected chi connectivity index (χ0v) is 16.4. The zero-order valence-electron chi connectivity index (χ0n) is 15.6. The number of rotatable bonds is 8. The van der Waals surface area contributed by atoms with Crippen molar-refractivity contribution in [2.75, 3.05) is 13.7 Å². The molecule has 1 aromatic rings. The lowest BCUT2D eigenvalue weighted by Crippen LogP contribution is -2.76. The highest BCUT2D eigenvalue weighted by Crippen LogP contribution is 2.51. The lowest BCUT2D eigenvalue weighted by molar-refractivity contribution is -0.194. The molecule has 1 amide bonds. The number of nitrogens with one attached hydrogen (secondary N) is 1. The normalized spacial score (nSPS) is 23.8. The van der Waals surface area contributed by atoms with Crippen LogP contribution < -0.4 is 10.1 Å². The maximum absolute atomic E-state index is 12.4. The second kappa shape index (κ2) is 7.84. The highest BCUT2D eigenvalue weighted by atomic mass is 35.5. The molecule has 7 heteroatoms. The van der Waals surface area contributed by atoms with Crippen LogP contribution in [-0.2, 0) is 20.7 Å². The van der Waals surface area contributed by atoms with Crippen LogP contribution in [0.3, 0.4) is 0 Å². The number of benzene rings is 1. The number of carbonyl (C=O) groups excluding carboxylic acids is 1. The molecule has 0 aromatic heterocycles. The maximum Gasteiger partial charge on any atom is 0.330 e. The van der Waals surface area contributed by atoms with Crippen molar-refractivity contribution in [1.29, 1.82) is 0 Å². The Labute approximate surface area is 158 Å². The SMILES string of the molecule is CCOC1CC(NC(=O)CCc2ccc(OC)c(Cl)c2)(C(=O)O)C1(C)C. The molecule has 2 unspecified atom stereocenters. The third-order valence-corrected chi connectivity index (χ3v) is 5.63. The van der Waals surface area contributed by atoms with Gasteiger partial charge >= 0.3 is 5.97 Å².